The highest BCUT2D eigenvalue weighted by Crippen LogP contribution is 2.33. The van der Waals surface area contributed by atoms with Crippen LogP contribution in [0.4, 0.5) is 5.82 Å². The topological polar surface area (TPSA) is 83.7 Å². The van der Waals surface area contributed by atoms with Gasteiger partial charge in [-0.1, -0.05) is 29.8 Å². The van der Waals surface area contributed by atoms with Crippen LogP contribution in [0.15, 0.2) is 60.1 Å². The van der Waals surface area contributed by atoms with Gasteiger partial charge in [-0.05, 0) is 42.1 Å². The normalized spacial score (nSPS) is 10.8. The van der Waals surface area contributed by atoms with Gasteiger partial charge in [-0.3, -0.25) is 0 Å². The second-order valence-electron chi connectivity index (χ2n) is 7.23. The van der Waals surface area contributed by atoms with E-state index in [1.54, 1.807) is 6.92 Å². The second-order valence-corrected chi connectivity index (χ2v) is 8.55. The fourth-order valence-electron chi connectivity index (χ4n) is 3.34. The highest BCUT2D eigenvalue weighted by molar-refractivity contribution is 7.17. The smallest absolute Gasteiger partial charge is 0.341 e. The fourth-order valence-corrected chi connectivity index (χ4v) is 4.53. The summed E-state index contributed by atoms with van der Waals surface area (Å²) >= 11 is 7.35. The van der Waals surface area contributed by atoms with Crippen molar-refractivity contribution < 1.29 is 19.0 Å². The molecule has 0 bridgehead atoms. The lowest BCUT2D eigenvalue weighted by Gasteiger charge is -2.10. The summed E-state index contributed by atoms with van der Waals surface area (Å²) in [5, 5.41) is 3.37. The molecule has 2 aromatic carbocycles. The first-order valence-corrected chi connectivity index (χ1v) is 11.7. The number of hydrogen-bond acceptors (Lipinski definition) is 7. The molecule has 6 nitrogen and oxygen atoms in total. The monoisotopic (exact) mass is 482 g/mol. The van der Waals surface area contributed by atoms with Crippen molar-refractivity contribution in [2.24, 2.45) is 0 Å². The maximum atomic E-state index is 12.2. The Hall–Kier alpha value is -3.29. The van der Waals surface area contributed by atoms with Gasteiger partial charge in [-0.25, -0.2) is 9.78 Å². The minimum Gasteiger partial charge on any atom is -0.493 e. The molecule has 0 aliphatic heterocycles. The van der Waals surface area contributed by atoms with Crippen LogP contribution < -0.4 is 15.2 Å². The number of esters is 1. The van der Waals surface area contributed by atoms with Crippen LogP contribution in [0, 0.1) is 0 Å². The zero-order valence-corrected chi connectivity index (χ0v) is 19.6. The molecule has 0 fully saturated rings. The number of thiophene rings is 1. The molecule has 0 spiro atoms. The number of carbonyl (C=O) groups excluding carboxylic acids is 1. The highest BCUT2D eigenvalue weighted by Gasteiger charge is 2.18. The summed E-state index contributed by atoms with van der Waals surface area (Å²) in [6.45, 7) is 2.89. The van der Waals surface area contributed by atoms with Crippen molar-refractivity contribution in [3.05, 3.63) is 81.8 Å². The summed E-state index contributed by atoms with van der Waals surface area (Å²) in [7, 11) is 0. The average molecular weight is 483 g/mol. The summed E-state index contributed by atoms with van der Waals surface area (Å²) < 4.78 is 17.8. The molecule has 170 valence electrons. The molecule has 0 aliphatic rings. The van der Waals surface area contributed by atoms with Crippen molar-refractivity contribution in [1.82, 2.24) is 4.98 Å². The molecule has 0 atom stereocenters. The molecule has 0 amide bonds. The van der Waals surface area contributed by atoms with E-state index in [1.807, 2.05) is 53.9 Å². The first-order valence-electron chi connectivity index (χ1n) is 10.5. The molecule has 0 saturated heterocycles. The Kier molecular flexibility index (Phi) is 7.32. The number of pyridine rings is 1. The van der Waals surface area contributed by atoms with Crippen LogP contribution in [0.5, 0.6) is 11.5 Å². The Morgan fingerprint density at radius 3 is 2.64 bits per heavy atom. The summed E-state index contributed by atoms with van der Waals surface area (Å²) in [5.41, 5.74) is 8.54. The number of ether oxygens (including phenoxy) is 3. The zero-order valence-electron chi connectivity index (χ0n) is 18.0. The van der Waals surface area contributed by atoms with Crippen molar-refractivity contribution in [2.75, 3.05) is 18.9 Å². The predicted molar refractivity (Wildman–Crippen MR) is 131 cm³/mol. The molecule has 0 aliphatic carbocycles. The molecular formula is C25H23ClN2O4S. The molecule has 2 heterocycles. The summed E-state index contributed by atoms with van der Waals surface area (Å²) in [4.78, 5) is 16.4. The Labute approximate surface area is 200 Å². The van der Waals surface area contributed by atoms with Crippen LogP contribution in [0.3, 0.4) is 0 Å². The van der Waals surface area contributed by atoms with Crippen molar-refractivity contribution in [1.29, 1.82) is 0 Å². The van der Waals surface area contributed by atoms with Crippen LogP contribution in [0.25, 0.3) is 10.1 Å². The van der Waals surface area contributed by atoms with E-state index in [-0.39, 0.29) is 6.61 Å². The standard InChI is InChI=1S/C25H23ClN2O4S/c1-2-30-25(29)21-13-28-24(27)22-17(15-33-23(21)22)14-32-20-5-3-4-19(12-20)31-11-10-16-6-8-18(26)9-7-16/h3-9,12-13,15H,2,10-11,14H2,1H3,(H2,27,28). The number of halogens is 1. The van der Waals surface area contributed by atoms with Gasteiger partial charge in [-0.2, -0.15) is 0 Å². The van der Waals surface area contributed by atoms with Gasteiger partial charge in [0.05, 0.1) is 23.5 Å². The van der Waals surface area contributed by atoms with Crippen LogP contribution in [0.2, 0.25) is 5.02 Å². The quantitative estimate of drug-likeness (QED) is 0.298. The van der Waals surface area contributed by atoms with Crippen molar-refractivity contribution in [3.8, 4) is 11.5 Å². The van der Waals surface area contributed by atoms with Gasteiger partial charge in [-0.15, -0.1) is 11.3 Å². The van der Waals surface area contributed by atoms with Crippen molar-refractivity contribution in [2.45, 2.75) is 20.0 Å². The lowest BCUT2D eigenvalue weighted by molar-refractivity contribution is 0.0528. The number of anilines is 1. The number of rotatable bonds is 9. The minimum atomic E-state index is -0.409. The molecular weight excluding hydrogens is 460 g/mol. The number of nitrogens with two attached hydrogens (primary N) is 1. The van der Waals surface area contributed by atoms with Gasteiger partial charge < -0.3 is 19.9 Å². The maximum absolute atomic E-state index is 12.2. The lowest BCUT2D eigenvalue weighted by Crippen LogP contribution is -2.06. The first-order chi connectivity index (χ1) is 16.0. The van der Waals surface area contributed by atoms with Crippen LogP contribution in [0.1, 0.15) is 28.4 Å². The molecule has 4 rings (SSSR count). The summed E-state index contributed by atoms with van der Waals surface area (Å²) in [5.74, 6) is 1.35. The molecule has 33 heavy (non-hydrogen) atoms. The zero-order chi connectivity index (χ0) is 23.2. The summed E-state index contributed by atoms with van der Waals surface area (Å²) in [6, 6.07) is 15.2. The number of aromatic nitrogens is 1. The summed E-state index contributed by atoms with van der Waals surface area (Å²) in [6.07, 6.45) is 2.24. The third kappa shape index (κ3) is 5.56. The van der Waals surface area contributed by atoms with E-state index in [9.17, 15) is 4.79 Å². The van der Waals surface area contributed by atoms with E-state index in [1.165, 1.54) is 17.5 Å². The average Bonchev–Trinajstić information content (AvgIpc) is 3.25. The number of benzene rings is 2. The van der Waals surface area contributed by atoms with E-state index < -0.39 is 5.97 Å². The van der Waals surface area contributed by atoms with Gasteiger partial charge in [0.1, 0.15) is 23.9 Å². The van der Waals surface area contributed by atoms with E-state index in [0.29, 0.717) is 30.3 Å². The lowest BCUT2D eigenvalue weighted by atomic mass is 10.1. The molecule has 0 saturated carbocycles. The van der Waals surface area contributed by atoms with Crippen LogP contribution in [-0.4, -0.2) is 24.2 Å². The number of carbonyl (C=O) groups is 1. The van der Waals surface area contributed by atoms with Gasteiger partial charge in [0, 0.05) is 34.7 Å². The third-order valence-corrected chi connectivity index (χ3v) is 6.28. The van der Waals surface area contributed by atoms with E-state index >= 15 is 0 Å². The van der Waals surface area contributed by atoms with Crippen LogP contribution in [-0.2, 0) is 17.8 Å². The number of nitrogen functional groups attached to an aromatic ring is 1. The Morgan fingerprint density at radius 1 is 1.12 bits per heavy atom. The van der Waals surface area contributed by atoms with Gasteiger partial charge in [0.25, 0.3) is 0 Å². The Bertz CT molecular complexity index is 1260. The number of fused-ring (bicyclic) bond motifs is 1. The van der Waals surface area contributed by atoms with Crippen molar-refractivity contribution in [3.63, 3.8) is 0 Å². The van der Waals surface area contributed by atoms with Crippen molar-refractivity contribution >= 4 is 44.8 Å². The molecule has 4 aromatic rings. The number of nitrogens with zero attached hydrogens (tertiary/aromatic N) is 1. The second kappa shape index (κ2) is 10.6. The van der Waals surface area contributed by atoms with E-state index in [2.05, 4.69) is 4.98 Å². The Balaban J connectivity index is 1.41. The maximum Gasteiger partial charge on any atom is 0.341 e. The Morgan fingerprint density at radius 2 is 1.88 bits per heavy atom. The van der Waals surface area contributed by atoms with E-state index in [4.69, 9.17) is 31.5 Å². The molecule has 0 unspecified atom stereocenters. The van der Waals surface area contributed by atoms with Gasteiger partial charge >= 0.3 is 5.97 Å². The SMILES string of the molecule is CCOC(=O)c1cnc(N)c2c(COc3cccc(OCCc4ccc(Cl)cc4)c3)csc12. The van der Waals surface area contributed by atoms with Gasteiger partial charge in [0.15, 0.2) is 0 Å². The molecule has 0 radical (unpaired) electrons. The van der Waals surface area contributed by atoms with Gasteiger partial charge in [0.2, 0.25) is 0 Å². The molecule has 8 heteroatoms. The largest absolute Gasteiger partial charge is 0.493 e. The van der Waals surface area contributed by atoms with Crippen LogP contribution >= 0.6 is 22.9 Å². The number of hydrogen-bond donors (Lipinski definition) is 1. The van der Waals surface area contributed by atoms with E-state index in [0.717, 1.165) is 38.4 Å². The fraction of sp³-hybridized carbons (Fsp3) is 0.200. The highest BCUT2D eigenvalue weighted by atomic mass is 35.5. The third-order valence-electron chi connectivity index (χ3n) is 4.97. The minimum absolute atomic E-state index is 0.284. The molecule has 2 N–H and O–H groups in total. The predicted octanol–water partition coefficient (Wildman–Crippen LogP) is 5.91. The molecule has 2 aromatic heterocycles. The first kappa shape index (κ1) is 22.9.